The molecule has 0 bridgehead atoms. The van der Waals surface area contributed by atoms with E-state index in [1.54, 1.807) is 6.08 Å². The van der Waals surface area contributed by atoms with Crippen LogP contribution < -0.4 is 0 Å². The quantitative estimate of drug-likeness (QED) is 0.572. The predicted molar refractivity (Wildman–Crippen MR) is 46.8 cm³/mol. The lowest BCUT2D eigenvalue weighted by Crippen LogP contribution is -2.39. The Balaban J connectivity index is 2.34. The molecule has 0 atom stereocenters. The van der Waals surface area contributed by atoms with Crippen LogP contribution in [0.5, 0.6) is 0 Å². The molecule has 0 aromatic carbocycles. The van der Waals surface area contributed by atoms with Crippen molar-refractivity contribution in [1.82, 2.24) is 4.90 Å². The van der Waals surface area contributed by atoms with Crippen molar-refractivity contribution in [3.63, 3.8) is 0 Å². The van der Waals surface area contributed by atoms with Crippen molar-refractivity contribution in [2.75, 3.05) is 26.3 Å². The van der Waals surface area contributed by atoms with Crippen molar-refractivity contribution in [2.24, 2.45) is 0 Å². The number of morpholine rings is 1. The first kappa shape index (κ1) is 9.26. The Hall–Kier alpha value is -0.830. The first-order chi connectivity index (χ1) is 5.84. The maximum atomic E-state index is 11.3. The van der Waals surface area contributed by atoms with Crippen LogP contribution in [-0.4, -0.2) is 37.1 Å². The van der Waals surface area contributed by atoms with Crippen LogP contribution in [-0.2, 0) is 9.53 Å². The molecule has 1 heterocycles. The number of hydrogen-bond acceptors (Lipinski definition) is 2. The molecule has 1 rings (SSSR count). The van der Waals surface area contributed by atoms with Gasteiger partial charge in [0.25, 0.3) is 0 Å². The maximum Gasteiger partial charge on any atom is 0.246 e. The highest BCUT2D eigenvalue weighted by Gasteiger charge is 2.13. The predicted octanol–water partition coefficient (Wildman–Crippen LogP) is 0.811. The summed E-state index contributed by atoms with van der Waals surface area (Å²) in [5.74, 6) is 0.111. The number of nitrogens with zero attached hydrogens (tertiary/aromatic N) is 1. The highest BCUT2D eigenvalue weighted by Crippen LogP contribution is 1.98. The van der Waals surface area contributed by atoms with Crippen molar-refractivity contribution >= 4 is 5.91 Å². The molecule has 0 unspecified atom stereocenters. The number of rotatable bonds is 2. The molecule has 1 saturated heterocycles. The minimum absolute atomic E-state index is 0.111. The molecule has 0 N–H and O–H groups in total. The molecule has 0 saturated carbocycles. The van der Waals surface area contributed by atoms with Gasteiger partial charge in [-0.1, -0.05) is 13.0 Å². The lowest BCUT2D eigenvalue weighted by molar-refractivity contribution is -0.129. The van der Waals surface area contributed by atoms with Crippen molar-refractivity contribution in [3.8, 4) is 0 Å². The van der Waals surface area contributed by atoms with Gasteiger partial charge in [-0.25, -0.2) is 0 Å². The Labute approximate surface area is 73.0 Å². The van der Waals surface area contributed by atoms with E-state index in [0.717, 1.165) is 19.5 Å². The molecule has 0 radical (unpaired) electrons. The maximum absolute atomic E-state index is 11.3. The molecular weight excluding hydrogens is 154 g/mol. The number of allylic oxidation sites excluding steroid dienone is 1. The van der Waals surface area contributed by atoms with Gasteiger partial charge in [0.1, 0.15) is 0 Å². The van der Waals surface area contributed by atoms with Crippen LogP contribution in [0.2, 0.25) is 0 Å². The number of hydrogen-bond donors (Lipinski definition) is 0. The minimum atomic E-state index is 0.111. The molecule has 12 heavy (non-hydrogen) atoms. The second-order valence-corrected chi connectivity index (χ2v) is 2.75. The molecule has 0 aliphatic carbocycles. The summed E-state index contributed by atoms with van der Waals surface area (Å²) in [6.45, 7) is 4.82. The normalized spacial score (nSPS) is 18.6. The van der Waals surface area contributed by atoms with Crippen molar-refractivity contribution < 1.29 is 9.53 Å². The third-order valence-electron chi connectivity index (χ3n) is 1.82. The molecule has 0 spiro atoms. The summed E-state index contributed by atoms with van der Waals surface area (Å²) in [6, 6.07) is 0. The topological polar surface area (TPSA) is 29.5 Å². The fraction of sp³-hybridized carbons (Fsp3) is 0.667. The minimum Gasteiger partial charge on any atom is -0.378 e. The molecule has 1 aliphatic rings. The van der Waals surface area contributed by atoms with E-state index in [1.807, 2.05) is 17.9 Å². The number of ether oxygens (including phenoxy) is 1. The number of carbonyl (C=O) groups excluding carboxylic acids is 1. The molecule has 3 heteroatoms. The van der Waals surface area contributed by atoms with Crippen LogP contribution in [0, 0.1) is 0 Å². The van der Waals surface area contributed by atoms with Gasteiger partial charge >= 0.3 is 0 Å². The molecule has 1 fully saturated rings. The average Bonchev–Trinajstić information content (AvgIpc) is 2.15. The van der Waals surface area contributed by atoms with E-state index < -0.39 is 0 Å². The Morgan fingerprint density at radius 3 is 2.75 bits per heavy atom. The van der Waals surface area contributed by atoms with Crippen LogP contribution in [0.25, 0.3) is 0 Å². The lowest BCUT2D eigenvalue weighted by atomic mass is 10.3. The largest absolute Gasteiger partial charge is 0.378 e. The van der Waals surface area contributed by atoms with Crippen LogP contribution in [0.1, 0.15) is 13.3 Å². The molecule has 3 nitrogen and oxygen atoms in total. The highest BCUT2D eigenvalue weighted by atomic mass is 16.5. The van der Waals surface area contributed by atoms with Crippen molar-refractivity contribution in [3.05, 3.63) is 12.2 Å². The van der Waals surface area contributed by atoms with E-state index in [-0.39, 0.29) is 5.91 Å². The van der Waals surface area contributed by atoms with Gasteiger partial charge in [0.05, 0.1) is 13.2 Å². The third kappa shape index (κ3) is 2.66. The second-order valence-electron chi connectivity index (χ2n) is 2.75. The van der Waals surface area contributed by atoms with E-state index in [1.165, 1.54) is 0 Å². The summed E-state index contributed by atoms with van der Waals surface area (Å²) in [4.78, 5) is 13.2. The fourth-order valence-electron chi connectivity index (χ4n) is 1.11. The zero-order valence-electron chi connectivity index (χ0n) is 7.45. The van der Waals surface area contributed by atoms with Gasteiger partial charge in [0, 0.05) is 13.1 Å². The summed E-state index contributed by atoms with van der Waals surface area (Å²) in [6.07, 6.45) is 4.44. The van der Waals surface area contributed by atoms with E-state index in [2.05, 4.69) is 0 Å². The Morgan fingerprint density at radius 2 is 2.17 bits per heavy atom. The fourth-order valence-corrected chi connectivity index (χ4v) is 1.11. The third-order valence-corrected chi connectivity index (χ3v) is 1.82. The first-order valence-corrected chi connectivity index (χ1v) is 4.37. The zero-order chi connectivity index (χ0) is 8.81. The summed E-state index contributed by atoms with van der Waals surface area (Å²) in [5, 5.41) is 0. The van der Waals surface area contributed by atoms with E-state index in [4.69, 9.17) is 4.74 Å². The van der Waals surface area contributed by atoms with Crippen LogP contribution in [0.4, 0.5) is 0 Å². The van der Waals surface area contributed by atoms with Crippen molar-refractivity contribution in [2.45, 2.75) is 13.3 Å². The molecule has 0 aromatic heterocycles. The van der Waals surface area contributed by atoms with E-state index >= 15 is 0 Å². The number of amides is 1. The zero-order valence-corrected chi connectivity index (χ0v) is 7.45. The molecule has 1 amide bonds. The van der Waals surface area contributed by atoms with Gasteiger partial charge in [-0.15, -0.1) is 0 Å². The molecular formula is C9H15NO2. The van der Waals surface area contributed by atoms with Crippen molar-refractivity contribution in [1.29, 1.82) is 0 Å². The van der Waals surface area contributed by atoms with Crippen LogP contribution in [0.3, 0.4) is 0 Å². The summed E-state index contributed by atoms with van der Waals surface area (Å²) in [7, 11) is 0. The van der Waals surface area contributed by atoms with E-state index in [9.17, 15) is 4.79 Å². The Kier molecular flexibility index (Phi) is 3.80. The summed E-state index contributed by atoms with van der Waals surface area (Å²) >= 11 is 0. The second kappa shape index (κ2) is 4.93. The van der Waals surface area contributed by atoms with Crippen LogP contribution >= 0.6 is 0 Å². The monoisotopic (exact) mass is 169 g/mol. The first-order valence-electron chi connectivity index (χ1n) is 4.37. The summed E-state index contributed by atoms with van der Waals surface area (Å²) in [5.41, 5.74) is 0. The van der Waals surface area contributed by atoms with E-state index in [0.29, 0.717) is 13.2 Å². The highest BCUT2D eigenvalue weighted by molar-refractivity contribution is 5.87. The van der Waals surface area contributed by atoms with Gasteiger partial charge in [-0.3, -0.25) is 4.79 Å². The Morgan fingerprint density at radius 1 is 1.50 bits per heavy atom. The molecule has 68 valence electrons. The number of carbonyl (C=O) groups is 1. The van der Waals surface area contributed by atoms with Gasteiger partial charge in [0.15, 0.2) is 0 Å². The smallest absolute Gasteiger partial charge is 0.246 e. The van der Waals surface area contributed by atoms with Gasteiger partial charge in [-0.05, 0) is 12.5 Å². The standard InChI is InChI=1S/C9H15NO2/c1-2-3-4-9(11)10-5-7-12-8-6-10/h3-4H,2,5-8H2,1H3/b4-3+. The molecule has 0 aromatic rings. The summed E-state index contributed by atoms with van der Waals surface area (Å²) < 4.78 is 5.14. The lowest BCUT2D eigenvalue weighted by Gasteiger charge is -2.25. The van der Waals surface area contributed by atoms with Gasteiger partial charge in [0.2, 0.25) is 5.91 Å². The van der Waals surface area contributed by atoms with Crippen LogP contribution in [0.15, 0.2) is 12.2 Å². The van der Waals surface area contributed by atoms with Gasteiger partial charge in [-0.2, -0.15) is 0 Å². The molecule has 1 aliphatic heterocycles. The van der Waals surface area contributed by atoms with Gasteiger partial charge < -0.3 is 9.64 Å². The SMILES string of the molecule is CC/C=C/C(=O)N1CCOCC1. The Bertz CT molecular complexity index is 171. The average molecular weight is 169 g/mol.